The number of carbonyl (C=O) groups excluding carboxylic acids is 1. The number of hydrogen-bond acceptors (Lipinski definition) is 5. The van der Waals surface area contributed by atoms with E-state index in [1.165, 1.54) is 25.5 Å². The molecule has 5 heteroatoms. The second-order valence-electron chi connectivity index (χ2n) is 7.13. The minimum atomic E-state index is -0.219. The fourth-order valence-electron chi connectivity index (χ4n) is 3.15. The SMILES string of the molecule is CCC.COC(=O)Cc1cccc(CNCCOc2cccc3c2NCCC3)c1. The molecule has 0 bridgehead atoms. The van der Waals surface area contributed by atoms with Crippen LogP contribution in [0.5, 0.6) is 5.75 Å². The Morgan fingerprint density at radius 3 is 2.69 bits per heavy atom. The van der Waals surface area contributed by atoms with E-state index in [9.17, 15) is 4.79 Å². The van der Waals surface area contributed by atoms with Gasteiger partial charge in [0.25, 0.3) is 0 Å². The summed E-state index contributed by atoms with van der Waals surface area (Å²) in [4.78, 5) is 11.4. The number of nitrogens with one attached hydrogen (secondary N) is 2. The Hall–Kier alpha value is -2.53. The number of benzene rings is 2. The zero-order valence-corrected chi connectivity index (χ0v) is 17.9. The van der Waals surface area contributed by atoms with Gasteiger partial charge in [0.1, 0.15) is 12.4 Å². The molecule has 1 heterocycles. The third kappa shape index (κ3) is 7.78. The number of aryl methyl sites for hydroxylation is 1. The van der Waals surface area contributed by atoms with Crippen molar-refractivity contribution < 1.29 is 14.3 Å². The molecule has 158 valence electrons. The number of ether oxygens (including phenoxy) is 2. The molecule has 5 nitrogen and oxygen atoms in total. The van der Waals surface area contributed by atoms with Gasteiger partial charge in [-0.2, -0.15) is 0 Å². The number of fused-ring (bicyclic) bond motifs is 1. The van der Waals surface area contributed by atoms with Crippen LogP contribution in [0.2, 0.25) is 0 Å². The smallest absolute Gasteiger partial charge is 0.309 e. The van der Waals surface area contributed by atoms with Gasteiger partial charge in [-0.1, -0.05) is 56.7 Å². The van der Waals surface area contributed by atoms with Gasteiger partial charge in [-0.25, -0.2) is 0 Å². The van der Waals surface area contributed by atoms with Crippen LogP contribution in [-0.2, 0) is 28.9 Å². The molecule has 0 atom stereocenters. The number of anilines is 1. The van der Waals surface area contributed by atoms with E-state index in [-0.39, 0.29) is 5.97 Å². The lowest BCUT2D eigenvalue weighted by Crippen LogP contribution is -2.21. The summed E-state index contributed by atoms with van der Waals surface area (Å²) < 4.78 is 10.7. The molecule has 2 aromatic carbocycles. The molecule has 0 saturated heterocycles. The largest absolute Gasteiger partial charge is 0.490 e. The molecule has 0 unspecified atom stereocenters. The second kappa shape index (κ2) is 12.8. The van der Waals surface area contributed by atoms with Crippen LogP contribution in [0.4, 0.5) is 5.69 Å². The average molecular weight is 399 g/mol. The van der Waals surface area contributed by atoms with Gasteiger partial charge in [0.15, 0.2) is 0 Å². The van der Waals surface area contributed by atoms with Crippen molar-refractivity contribution in [2.75, 3.05) is 32.1 Å². The Labute approximate surface area is 174 Å². The fraction of sp³-hybridized carbons (Fsp3) is 0.458. The molecule has 0 amide bonds. The average Bonchev–Trinajstić information content (AvgIpc) is 2.74. The van der Waals surface area contributed by atoms with Crippen LogP contribution in [0, 0.1) is 0 Å². The van der Waals surface area contributed by atoms with Crippen LogP contribution in [0.3, 0.4) is 0 Å². The minimum absolute atomic E-state index is 0.219. The van der Waals surface area contributed by atoms with Gasteiger partial charge in [0.05, 0.1) is 19.2 Å². The molecule has 0 saturated carbocycles. The number of methoxy groups -OCH3 is 1. The van der Waals surface area contributed by atoms with Crippen molar-refractivity contribution in [1.29, 1.82) is 0 Å². The number of rotatable bonds is 8. The van der Waals surface area contributed by atoms with E-state index in [1.54, 1.807) is 0 Å². The molecule has 2 aromatic rings. The van der Waals surface area contributed by atoms with Crippen molar-refractivity contribution in [3.05, 3.63) is 59.2 Å². The monoisotopic (exact) mass is 398 g/mol. The molecule has 1 aliphatic rings. The topological polar surface area (TPSA) is 59.6 Å². The molecule has 0 fully saturated rings. The first-order valence-corrected chi connectivity index (χ1v) is 10.5. The minimum Gasteiger partial charge on any atom is -0.490 e. The second-order valence-corrected chi connectivity index (χ2v) is 7.13. The molecule has 0 radical (unpaired) electrons. The van der Waals surface area contributed by atoms with Gasteiger partial charge in [-0.05, 0) is 35.6 Å². The predicted molar refractivity (Wildman–Crippen MR) is 119 cm³/mol. The Morgan fingerprint density at radius 1 is 1.14 bits per heavy atom. The summed E-state index contributed by atoms with van der Waals surface area (Å²) in [6.45, 7) is 7.36. The zero-order chi connectivity index (χ0) is 20.9. The number of carbonyl (C=O) groups is 1. The zero-order valence-electron chi connectivity index (χ0n) is 17.9. The van der Waals surface area contributed by atoms with Crippen LogP contribution >= 0.6 is 0 Å². The summed E-state index contributed by atoms with van der Waals surface area (Å²) in [5, 5.41) is 6.83. The number of hydrogen-bond donors (Lipinski definition) is 2. The first-order chi connectivity index (χ1) is 14.2. The Morgan fingerprint density at radius 2 is 1.90 bits per heavy atom. The van der Waals surface area contributed by atoms with Crippen molar-refractivity contribution in [1.82, 2.24) is 5.32 Å². The molecule has 0 aromatic heterocycles. The van der Waals surface area contributed by atoms with Crippen LogP contribution in [-0.4, -0.2) is 32.8 Å². The van der Waals surface area contributed by atoms with Gasteiger partial charge in [0.2, 0.25) is 0 Å². The van der Waals surface area contributed by atoms with Crippen molar-refractivity contribution in [3.63, 3.8) is 0 Å². The summed E-state index contributed by atoms with van der Waals surface area (Å²) in [6, 6.07) is 14.2. The summed E-state index contributed by atoms with van der Waals surface area (Å²) in [6.07, 6.45) is 3.84. The maximum Gasteiger partial charge on any atom is 0.309 e. The highest BCUT2D eigenvalue weighted by Crippen LogP contribution is 2.31. The van der Waals surface area contributed by atoms with E-state index in [0.29, 0.717) is 13.0 Å². The molecule has 2 N–H and O–H groups in total. The summed E-state index contributed by atoms with van der Waals surface area (Å²) in [5.74, 6) is 0.715. The molecule has 1 aliphatic heterocycles. The summed E-state index contributed by atoms with van der Waals surface area (Å²) in [5.41, 5.74) is 4.60. The highest BCUT2D eigenvalue weighted by atomic mass is 16.5. The van der Waals surface area contributed by atoms with Crippen molar-refractivity contribution in [2.45, 2.75) is 46.1 Å². The maximum absolute atomic E-state index is 11.4. The first kappa shape index (κ1) is 22.8. The summed E-state index contributed by atoms with van der Waals surface area (Å²) >= 11 is 0. The molecule has 0 aliphatic carbocycles. The fourth-order valence-corrected chi connectivity index (χ4v) is 3.15. The molecule has 29 heavy (non-hydrogen) atoms. The van der Waals surface area contributed by atoms with E-state index in [4.69, 9.17) is 9.47 Å². The number of esters is 1. The van der Waals surface area contributed by atoms with Crippen molar-refractivity contribution in [3.8, 4) is 5.75 Å². The molecular weight excluding hydrogens is 364 g/mol. The standard InChI is InChI=1S/C21H26N2O3.C3H8/c1-25-20(24)14-16-5-2-6-17(13-16)15-22-11-12-26-19-9-3-7-18-8-4-10-23-21(18)19;1-3-2/h2-3,5-7,9,13,22-23H,4,8,10-12,14-15H2,1H3;3H2,1-2H3. The van der Waals surface area contributed by atoms with Crippen LogP contribution in [0.25, 0.3) is 0 Å². The Bertz CT molecular complexity index is 762. The van der Waals surface area contributed by atoms with E-state index in [2.05, 4.69) is 36.6 Å². The first-order valence-electron chi connectivity index (χ1n) is 10.5. The normalized spacial score (nSPS) is 12.1. The van der Waals surface area contributed by atoms with Gasteiger partial charge < -0.3 is 20.1 Å². The van der Waals surface area contributed by atoms with Gasteiger partial charge in [-0.3, -0.25) is 4.79 Å². The van der Waals surface area contributed by atoms with E-state index < -0.39 is 0 Å². The Kier molecular flexibility index (Phi) is 10.1. The third-order valence-corrected chi connectivity index (χ3v) is 4.47. The third-order valence-electron chi connectivity index (χ3n) is 4.47. The van der Waals surface area contributed by atoms with Crippen LogP contribution in [0.1, 0.15) is 43.4 Å². The van der Waals surface area contributed by atoms with Crippen molar-refractivity contribution >= 4 is 11.7 Å². The number of para-hydroxylation sites is 1. The van der Waals surface area contributed by atoms with Gasteiger partial charge >= 0.3 is 5.97 Å². The lowest BCUT2D eigenvalue weighted by molar-refractivity contribution is -0.139. The maximum atomic E-state index is 11.4. The van der Waals surface area contributed by atoms with E-state index >= 15 is 0 Å². The lowest BCUT2D eigenvalue weighted by atomic mass is 10.0. The van der Waals surface area contributed by atoms with Gasteiger partial charge in [0, 0.05) is 19.6 Å². The molecule has 3 rings (SSSR count). The van der Waals surface area contributed by atoms with Crippen molar-refractivity contribution in [2.24, 2.45) is 0 Å². The quantitative estimate of drug-likeness (QED) is 0.511. The highest BCUT2D eigenvalue weighted by Gasteiger charge is 2.12. The predicted octanol–water partition coefficient (Wildman–Crippen LogP) is 4.35. The van der Waals surface area contributed by atoms with E-state index in [0.717, 1.165) is 48.6 Å². The Balaban J connectivity index is 0.000000941. The lowest BCUT2D eigenvalue weighted by Gasteiger charge is -2.21. The van der Waals surface area contributed by atoms with Crippen LogP contribution in [0.15, 0.2) is 42.5 Å². The van der Waals surface area contributed by atoms with Gasteiger partial charge in [-0.15, -0.1) is 0 Å². The van der Waals surface area contributed by atoms with E-state index in [1.807, 2.05) is 30.3 Å². The molecular formula is C24H34N2O3. The van der Waals surface area contributed by atoms with Crippen LogP contribution < -0.4 is 15.4 Å². The summed E-state index contributed by atoms with van der Waals surface area (Å²) in [7, 11) is 1.41. The highest BCUT2D eigenvalue weighted by molar-refractivity contribution is 5.72. The molecule has 0 spiro atoms.